The van der Waals surface area contributed by atoms with Crippen molar-refractivity contribution in [2.75, 3.05) is 5.32 Å². The van der Waals surface area contributed by atoms with Crippen molar-refractivity contribution in [3.05, 3.63) is 93.4 Å². The zero-order valence-electron chi connectivity index (χ0n) is 15.8. The van der Waals surface area contributed by atoms with Gasteiger partial charge in [0.25, 0.3) is 0 Å². The highest BCUT2D eigenvalue weighted by molar-refractivity contribution is 9.10. The lowest BCUT2D eigenvalue weighted by atomic mass is 10.2. The van der Waals surface area contributed by atoms with E-state index in [0.29, 0.717) is 27.6 Å². The van der Waals surface area contributed by atoms with Crippen LogP contribution < -0.4 is 15.5 Å². The molecule has 0 aromatic heterocycles. The summed E-state index contributed by atoms with van der Waals surface area (Å²) in [6.45, 7) is 0. The Balaban J connectivity index is 1.51. The van der Waals surface area contributed by atoms with Gasteiger partial charge in [-0.05, 0) is 66.2 Å². The average molecular weight is 501 g/mol. The third-order valence-corrected chi connectivity index (χ3v) is 4.74. The summed E-state index contributed by atoms with van der Waals surface area (Å²) in [5.41, 5.74) is 3.49. The summed E-state index contributed by atoms with van der Waals surface area (Å²) in [5, 5.41) is 6.45. The Hall–Kier alpha value is -3.49. The predicted octanol–water partition coefficient (Wildman–Crippen LogP) is 4.41. The molecule has 0 aliphatic rings. The van der Waals surface area contributed by atoms with Crippen LogP contribution in [0.15, 0.2) is 82.4 Å². The summed E-state index contributed by atoms with van der Waals surface area (Å²) in [7, 11) is 0. The molecule has 0 aliphatic carbocycles. The number of hydrazone groups is 1. The minimum absolute atomic E-state index is 0.313. The lowest BCUT2D eigenvalue weighted by Gasteiger charge is -2.05. The van der Waals surface area contributed by atoms with Crippen molar-refractivity contribution in [1.82, 2.24) is 5.43 Å². The van der Waals surface area contributed by atoms with Gasteiger partial charge >= 0.3 is 17.8 Å². The van der Waals surface area contributed by atoms with E-state index in [1.165, 1.54) is 6.21 Å². The Kier molecular flexibility index (Phi) is 7.53. The van der Waals surface area contributed by atoms with Crippen molar-refractivity contribution < 1.29 is 19.1 Å². The van der Waals surface area contributed by atoms with E-state index in [2.05, 4.69) is 31.8 Å². The van der Waals surface area contributed by atoms with Crippen LogP contribution >= 0.6 is 27.5 Å². The summed E-state index contributed by atoms with van der Waals surface area (Å²) in [6.07, 6.45) is 1.35. The number of halogens is 2. The number of carbonyl (C=O) groups is 3. The van der Waals surface area contributed by atoms with Gasteiger partial charge in [0.1, 0.15) is 5.75 Å². The first-order chi connectivity index (χ1) is 14.9. The number of benzene rings is 3. The van der Waals surface area contributed by atoms with E-state index in [4.69, 9.17) is 16.3 Å². The number of hydrogen-bond acceptors (Lipinski definition) is 5. The first-order valence-corrected chi connectivity index (χ1v) is 10.1. The quantitative estimate of drug-likeness (QED) is 0.178. The van der Waals surface area contributed by atoms with Gasteiger partial charge < -0.3 is 10.1 Å². The molecule has 9 heteroatoms. The van der Waals surface area contributed by atoms with Gasteiger partial charge in [-0.3, -0.25) is 9.59 Å². The summed E-state index contributed by atoms with van der Waals surface area (Å²) in [5.74, 6) is -1.98. The molecule has 0 unspecified atom stereocenters. The normalized spacial score (nSPS) is 10.5. The molecule has 3 aromatic rings. The third kappa shape index (κ3) is 6.50. The third-order valence-electron chi connectivity index (χ3n) is 3.88. The molecular formula is C22H15BrClN3O4. The molecular weight excluding hydrogens is 486 g/mol. The van der Waals surface area contributed by atoms with Crippen LogP contribution in [0, 0.1) is 0 Å². The zero-order chi connectivity index (χ0) is 22.2. The van der Waals surface area contributed by atoms with Gasteiger partial charge in [0.15, 0.2) is 0 Å². The second-order valence-corrected chi connectivity index (χ2v) is 7.42. The lowest BCUT2D eigenvalue weighted by Crippen LogP contribution is -2.32. The monoisotopic (exact) mass is 499 g/mol. The van der Waals surface area contributed by atoms with Crippen LogP contribution in [0.1, 0.15) is 15.9 Å². The van der Waals surface area contributed by atoms with Crippen LogP contribution in [0.4, 0.5) is 5.69 Å². The molecule has 0 radical (unpaired) electrons. The maximum atomic E-state index is 12.1. The highest BCUT2D eigenvalue weighted by Crippen LogP contribution is 2.20. The van der Waals surface area contributed by atoms with Crippen LogP contribution in [0.3, 0.4) is 0 Å². The van der Waals surface area contributed by atoms with Crippen LogP contribution in [0.25, 0.3) is 0 Å². The number of esters is 1. The molecule has 0 saturated heterocycles. The van der Waals surface area contributed by atoms with E-state index in [1.54, 1.807) is 72.8 Å². The van der Waals surface area contributed by atoms with E-state index in [0.717, 1.165) is 4.47 Å². The number of para-hydroxylation sites is 1. The molecule has 0 fully saturated rings. The number of rotatable bonds is 5. The van der Waals surface area contributed by atoms with Crippen LogP contribution in [0.5, 0.6) is 5.75 Å². The van der Waals surface area contributed by atoms with Gasteiger partial charge in [-0.25, -0.2) is 10.2 Å². The van der Waals surface area contributed by atoms with Gasteiger partial charge in [-0.1, -0.05) is 39.7 Å². The smallest absolute Gasteiger partial charge is 0.343 e. The van der Waals surface area contributed by atoms with Gasteiger partial charge in [0.2, 0.25) is 0 Å². The van der Waals surface area contributed by atoms with Gasteiger partial charge in [0.05, 0.1) is 22.5 Å². The van der Waals surface area contributed by atoms with Crippen molar-refractivity contribution >= 4 is 57.2 Å². The minimum Gasteiger partial charge on any atom is -0.423 e. The topological polar surface area (TPSA) is 96.9 Å². The SMILES string of the molecule is O=C(N/N=C/c1ccc(OC(=O)c2ccc(Br)cc2)cc1)C(=O)Nc1ccccc1Cl. The van der Waals surface area contributed by atoms with E-state index < -0.39 is 17.8 Å². The molecule has 0 spiro atoms. The van der Waals surface area contributed by atoms with E-state index in [1.807, 2.05) is 0 Å². The number of nitrogens with zero attached hydrogens (tertiary/aromatic N) is 1. The van der Waals surface area contributed by atoms with Gasteiger partial charge in [0, 0.05) is 4.47 Å². The Bertz CT molecular complexity index is 1130. The van der Waals surface area contributed by atoms with E-state index in [9.17, 15) is 14.4 Å². The standard InChI is InChI=1S/C22H15BrClN3O4/c23-16-9-7-15(8-10-16)22(30)31-17-11-5-14(6-12-17)13-25-27-21(29)20(28)26-19-4-2-1-3-18(19)24/h1-13H,(H,26,28)(H,27,29)/b25-13+. The lowest BCUT2D eigenvalue weighted by molar-refractivity contribution is -0.136. The van der Waals surface area contributed by atoms with Crippen LogP contribution in [-0.2, 0) is 9.59 Å². The first-order valence-electron chi connectivity index (χ1n) is 8.89. The van der Waals surface area contributed by atoms with E-state index >= 15 is 0 Å². The molecule has 3 aromatic carbocycles. The molecule has 2 amide bonds. The Morgan fingerprint density at radius 2 is 1.58 bits per heavy atom. The number of amides is 2. The number of ether oxygens (including phenoxy) is 1. The molecule has 0 aliphatic heterocycles. The van der Waals surface area contributed by atoms with Crippen molar-refractivity contribution in [3.8, 4) is 5.75 Å². The van der Waals surface area contributed by atoms with Crippen molar-refractivity contribution in [1.29, 1.82) is 0 Å². The number of anilines is 1. The second-order valence-electron chi connectivity index (χ2n) is 6.10. The first kappa shape index (κ1) is 22.2. The summed E-state index contributed by atoms with van der Waals surface area (Å²) in [6, 6.07) is 19.8. The largest absolute Gasteiger partial charge is 0.423 e. The number of nitrogens with one attached hydrogen (secondary N) is 2. The fraction of sp³-hybridized carbons (Fsp3) is 0. The zero-order valence-corrected chi connectivity index (χ0v) is 18.2. The molecule has 3 rings (SSSR count). The van der Waals surface area contributed by atoms with Crippen molar-refractivity contribution in [2.45, 2.75) is 0 Å². The molecule has 0 saturated carbocycles. The van der Waals surface area contributed by atoms with Crippen molar-refractivity contribution in [3.63, 3.8) is 0 Å². The van der Waals surface area contributed by atoms with Gasteiger partial charge in [-0.15, -0.1) is 0 Å². The summed E-state index contributed by atoms with van der Waals surface area (Å²) < 4.78 is 6.17. The summed E-state index contributed by atoms with van der Waals surface area (Å²) in [4.78, 5) is 35.8. The second kappa shape index (κ2) is 10.5. The van der Waals surface area contributed by atoms with E-state index in [-0.39, 0.29) is 0 Å². The van der Waals surface area contributed by atoms with Crippen molar-refractivity contribution in [2.24, 2.45) is 5.10 Å². The molecule has 0 bridgehead atoms. The maximum Gasteiger partial charge on any atom is 0.343 e. The minimum atomic E-state index is -0.948. The molecule has 2 N–H and O–H groups in total. The Morgan fingerprint density at radius 1 is 0.903 bits per heavy atom. The Labute approximate surface area is 191 Å². The fourth-order valence-electron chi connectivity index (χ4n) is 2.33. The molecule has 31 heavy (non-hydrogen) atoms. The summed E-state index contributed by atoms with van der Waals surface area (Å²) >= 11 is 9.24. The maximum absolute atomic E-state index is 12.1. The Morgan fingerprint density at radius 3 is 2.26 bits per heavy atom. The highest BCUT2D eigenvalue weighted by atomic mass is 79.9. The van der Waals surface area contributed by atoms with Crippen LogP contribution in [0.2, 0.25) is 5.02 Å². The predicted molar refractivity (Wildman–Crippen MR) is 121 cm³/mol. The fourth-order valence-corrected chi connectivity index (χ4v) is 2.78. The highest BCUT2D eigenvalue weighted by Gasteiger charge is 2.14. The molecule has 0 heterocycles. The molecule has 0 atom stereocenters. The number of hydrogen-bond donors (Lipinski definition) is 2. The molecule has 7 nitrogen and oxygen atoms in total. The van der Waals surface area contributed by atoms with Gasteiger partial charge in [-0.2, -0.15) is 5.10 Å². The molecule has 156 valence electrons. The average Bonchev–Trinajstić information content (AvgIpc) is 2.77. The number of carbonyl (C=O) groups excluding carboxylic acids is 3. The van der Waals surface area contributed by atoms with Crippen LogP contribution in [-0.4, -0.2) is 24.0 Å².